The number of hydrogen-bond donors (Lipinski definition) is 1. The van der Waals surface area contributed by atoms with E-state index in [9.17, 15) is 0 Å². The minimum absolute atomic E-state index is 0.238. The summed E-state index contributed by atoms with van der Waals surface area (Å²) in [4.78, 5) is 0. The van der Waals surface area contributed by atoms with Gasteiger partial charge in [0.1, 0.15) is 0 Å². The van der Waals surface area contributed by atoms with E-state index in [0.29, 0.717) is 0 Å². The number of nitrogens with one attached hydrogen (secondary N) is 1. The lowest BCUT2D eigenvalue weighted by Gasteiger charge is -2.15. The number of rotatable bonds is 4. The van der Waals surface area contributed by atoms with E-state index in [1.807, 2.05) is 18.2 Å². The summed E-state index contributed by atoms with van der Waals surface area (Å²) in [6.07, 6.45) is 0. The second-order valence-electron chi connectivity index (χ2n) is 4.25. The molecule has 0 amide bonds. The third-order valence-electron chi connectivity index (χ3n) is 2.90. The Hall–Kier alpha value is -0.830. The van der Waals surface area contributed by atoms with Crippen LogP contribution < -0.4 is 5.32 Å². The van der Waals surface area contributed by atoms with Gasteiger partial charge in [0.2, 0.25) is 0 Å². The Morgan fingerprint density at radius 2 is 1.78 bits per heavy atom. The van der Waals surface area contributed by atoms with Crippen molar-refractivity contribution >= 4 is 27.5 Å². The average molecular weight is 325 g/mol. The van der Waals surface area contributed by atoms with E-state index in [2.05, 4.69) is 58.5 Å². The van der Waals surface area contributed by atoms with Gasteiger partial charge in [-0.05, 0) is 36.2 Å². The van der Waals surface area contributed by atoms with Gasteiger partial charge in [-0.3, -0.25) is 0 Å². The summed E-state index contributed by atoms with van der Waals surface area (Å²) in [5, 5.41) is 4.29. The Morgan fingerprint density at radius 1 is 1.11 bits per heavy atom. The summed E-state index contributed by atoms with van der Waals surface area (Å²) < 4.78 is 1.10. The van der Waals surface area contributed by atoms with Crippen LogP contribution in [0.15, 0.2) is 53.0 Å². The predicted molar refractivity (Wildman–Crippen MR) is 80.8 cm³/mol. The van der Waals surface area contributed by atoms with Gasteiger partial charge in [0.05, 0.1) is 0 Å². The third kappa shape index (κ3) is 3.58. The molecular weight excluding hydrogens is 310 g/mol. The monoisotopic (exact) mass is 323 g/mol. The van der Waals surface area contributed by atoms with Crippen LogP contribution in [0.1, 0.15) is 24.1 Å². The second-order valence-corrected chi connectivity index (χ2v) is 5.57. The van der Waals surface area contributed by atoms with Gasteiger partial charge in [-0.15, -0.1) is 0 Å². The van der Waals surface area contributed by atoms with Crippen molar-refractivity contribution < 1.29 is 0 Å². The molecule has 0 spiro atoms. The molecular formula is C15H15BrClN. The van der Waals surface area contributed by atoms with Crippen molar-refractivity contribution in [3.05, 3.63) is 69.2 Å². The van der Waals surface area contributed by atoms with Crippen molar-refractivity contribution in [2.75, 3.05) is 0 Å². The van der Waals surface area contributed by atoms with E-state index in [-0.39, 0.29) is 6.04 Å². The summed E-state index contributed by atoms with van der Waals surface area (Å²) in [5.41, 5.74) is 2.40. The Balaban J connectivity index is 1.98. The van der Waals surface area contributed by atoms with Crippen LogP contribution in [0.5, 0.6) is 0 Å². The van der Waals surface area contributed by atoms with Gasteiger partial charge >= 0.3 is 0 Å². The standard InChI is InChI=1S/C15H15BrClN/c1-11(14-4-2-3-5-15(14)17)18-10-12-6-8-13(16)9-7-12/h2-9,11,18H,10H2,1H3/t11-/m1/s1. The minimum atomic E-state index is 0.238. The molecule has 3 heteroatoms. The molecule has 0 saturated carbocycles. The molecule has 0 bridgehead atoms. The van der Waals surface area contributed by atoms with Crippen molar-refractivity contribution in [1.29, 1.82) is 0 Å². The molecule has 0 aliphatic carbocycles. The van der Waals surface area contributed by atoms with Crippen LogP contribution in [0, 0.1) is 0 Å². The quantitative estimate of drug-likeness (QED) is 0.838. The molecule has 1 nitrogen and oxygen atoms in total. The van der Waals surface area contributed by atoms with Gasteiger partial charge in [0.15, 0.2) is 0 Å². The lowest BCUT2D eigenvalue weighted by molar-refractivity contribution is 0.575. The topological polar surface area (TPSA) is 12.0 Å². The van der Waals surface area contributed by atoms with Crippen molar-refractivity contribution in [2.45, 2.75) is 19.5 Å². The highest BCUT2D eigenvalue weighted by molar-refractivity contribution is 9.10. The van der Waals surface area contributed by atoms with Gasteiger partial charge in [0, 0.05) is 22.1 Å². The molecule has 94 valence electrons. The van der Waals surface area contributed by atoms with Crippen LogP contribution in [0.4, 0.5) is 0 Å². The highest BCUT2D eigenvalue weighted by Crippen LogP contribution is 2.22. The molecule has 0 aromatic heterocycles. The second kappa shape index (κ2) is 6.37. The molecule has 2 aromatic rings. The molecule has 2 rings (SSSR count). The molecule has 18 heavy (non-hydrogen) atoms. The maximum atomic E-state index is 6.18. The highest BCUT2D eigenvalue weighted by Gasteiger charge is 2.07. The first-order chi connectivity index (χ1) is 8.66. The Bertz CT molecular complexity index is 510. The van der Waals surface area contributed by atoms with Crippen molar-refractivity contribution in [1.82, 2.24) is 5.32 Å². The van der Waals surface area contributed by atoms with Crippen LogP contribution in [0.25, 0.3) is 0 Å². The van der Waals surface area contributed by atoms with Gasteiger partial charge in [-0.1, -0.05) is 57.9 Å². The molecule has 1 atom stereocenters. The summed E-state index contributed by atoms with van der Waals surface area (Å²) in [7, 11) is 0. The summed E-state index contributed by atoms with van der Waals surface area (Å²) in [6, 6.07) is 16.5. The van der Waals surface area contributed by atoms with Gasteiger partial charge in [0.25, 0.3) is 0 Å². The summed E-state index contributed by atoms with van der Waals surface area (Å²) in [5.74, 6) is 0. The van der Waals surface area contributed by atoms with E-state index in [1.54, 1.807) is 0 Å². The van der Waals surface area contributed by atoms with E-state index in [4.69, 9.17) is 11.6 Å². The van der Waals surface area contributed by atoms with E-state index < -0.39 is 0 Å². The number of halogens is 2. The first kappa shape index (κ1) is 13.6. The SMILES string of the molecule is C[C@@H](NCc1ccc(Br)cc1)c1ccccc1Cl. The third-order valence-corrected chi connectivity index (χ3v) is 3.77. The first-order valence-electron chi connectivity index (χ1n) is 5.89. The molecule has 0 unspecified atom stereocenters. The minimum Gasteiger partial charge on any atom is -0.306 e. The van der Waals surface area contributed by atoms with Crippen molar-refractivity contribution in [3.63, 3.8) is 0 Å². The molecule has 0 fully saturated rings. The first-order valence-corrected chi connectivity index (χ1v) is 7.06. The Kier molecular flexibility index (Phi) is 4.81. The van der Waals surface area contributed by atoms with Crippen molar-refractivity contribution in [3.8, 4) is 0 Å². The van der Waals surface area contributed by atoms with Gasteiger partial charge in [-0.25, -0.2) is 0 Å². The summed E-state index contributed by atoms with van der Waals surface area (Å²) >= 11 is 9.61. The fourth-order valence-electron chi connectivity index (χ4n) is 1.81. The van der Waals surface area contributed by atoms with Crippen molar-refractivity contribution in [2.24, 2.45) is 0 Å². The van der Waals surface area contributed by atoms with Crippen LogP contribution in [-0.2, 0) is 6.54 Å². The molecule has 0 aliphatic rings. The maximum absolute atomic E-state index is 6.18. The fraction of sp³-hybridized carbons (Fsp3) is 0.200. The average Bonchev–Trinajstić information content (AvgIpc) is 2.38. The zero-order chi connectivity index (χ0) is 13.0. The van der Waals surface area contributed by atoms with Crippen LogP contribution in [0.3, 0.4) is 0 Å². The Labute approximate surface area is 121 Å². The van der Waals surface area contributed by atoms with Gasteiger partial charge in [-0.2, -0.15) is 0 Å². The van der Waals surface area contributed by atoms with E-state index in [1.165, 1.54) is 5.56 Å². The molecule has 2 aromatic carbocycles. The smallest absolute Gasteiger partial charge is 0.0453 e. The fourth-order valence-corrected chi connectivity index (χ4v) is 2.37. The number of hydrogen-bond acceptors (Lipinski definition) is 1. The van der Waals surface area contributed by atoms with E-state index >= 15 is 0 Å². The highest BCUT2D eigenvalue weighted by atomic mass is 79.9. The number of benzene rings is 2. The predicted octanol–water partition coefficient (Wildman–Crippen LogP) is 4.95. The molecule has 1 N–H and O–H groups in total. The molecule has 0 heterocycles. The van der Waals surface area contributed by atoms with Crippen LogP contribution in [0.2, 0.25) is 5.02 Å². The lowest BCUT2D eigenvalue weighted by atomic mass is 10.1. The Morgan fingerprint density at radius 3 is 2.44 bits per heavy atom. The van der Waals surface area contributed by atoms with Crippen LogP contribution in [-0.4, -0.2) is 0 Å². The normalized spacial score (nSPS) is 12.4. The lowest BCUT2D eigenvalue weighted by Crippen LogP contribution is -2.18. The molecule has 0 aliphatic heterocycles. The zero-order valence-corrected chi connectivity index (χ0v) is 12.5. The molecule has 0 saturated heterocycles. The maximum Gasteiger partial charge on any atom is 0.0453 e. The van der Waals surface area contributed by atoms with E-state index in [0.717, 1.165) is 21.6 Å². The van der Waals surface area contributed by atoms with Crippen LogP contribution >= 0.6 is 27.5 Å². The largest absolute Gasteiger partial charge is 0.306 e. The summed E-state index contributed by atoms with van der Waals surface area (Å²) in [6.45, 7) is 2.96. The van der Waals surface area contributed by atoms with Gasteiger partial charge < -0.3 is 5.32 Å². The molecule has 0 radical (unpaired) electrons. The zero-order valence-electron chi connectivity index (χ0n) is 10.2.